The van der Waals surface area contributed by atoms with Crippen LogP contribution in [0.4, 0.5) is 0 Å². The Hall–Kier alpha value is -0.0900. The molecule has 0 aromatic heterocycles. The second kappa shape index (κ2) is 7.26. The van der Waals surface area contributed by atoms with Crippen molar-refractivity contribution < 1.29 is 8.42 Å². The van der Waals surface area contributed by atoms with Crippen LogP contribution in [0, 0.1) is 11.8 Å². The first kappa shape index (κ1) is 16.3. The van der Waals surface area contributed by atoms with Gasteiger partial charge in [0.1, 0.15) is 9.84 Å². The lowest BCUT2D eigenvalue weighted by Gasteiger charge is -2.34. The van der Waals surface area contributed by atoms with Gasteiger partial charge in [-0.25, -0.2) is 8.42 Å². The van der Waals surface area contributed by atoms with Gasteiger partial charge in [0, 0.05) is 12.3 Å². The number of nitrogens with one attached hydrogen (secondary N) is 1. The van der Waals surface area contributed by atoms with E-state index in [-0.39, 0.29) is 5.25 Å². The summed E-state index contributed by atoms with van der Waals surface area (Å²) in [6.45, 7) is 3.41. The highest BCUT2D eigenvalue weighted by molar-refractivity contribution is 7.91. The van der Waals surface area contributed by atoms with Crippen LogP contribution in [0.2, 0.25) is 0 Å². The van der Waals surface area contributed by atoms with Crippen LogP contribution in [0.15, 0.2) is 0 Å². The topological polar surface area (TPSA) is 46.2 Å². The van der Waals surface area contributed by atoms with Crippen molar-refractivity contribution in [2.45, 2.75) is 76.0 Å². The Morgan fingerprint density at radius 1 is 1.00 bits per heavy atom. The summed E-state index contributed by atoms with van der Waals surface area (Å²) in [6.07, 6.45) is 12.1. The number of rotatable bonds is 5. The summed E-state index contributed by atoms with van der Waals surface area (Å²) < 4.78 is 23.4. The van der Waals surface area contributed by atoms with E-state index in [1.54, 1.807) is 0 Å². The molecule has 0 amide bonds. The van der Waals surface area contributed by atoms with E-state index in [1.807, 2.05) is 0 Å². The van der Waals surface area contributed by atoms with Crippen LogP contribution < -0.4 is 5.32 Å². The van der Waals surface area contributed by atoms with E-state index in [0.717, 1.165) is 44.1 Å². The second-order valence-corrected chi connectivity index (χ2v) is 9.26. The minimum absolute atomic E-state index is 0.109. The molecule has 0 saturated heterocycles. The largest absolute Gasteiger partial charge is 0.314 e. The highest BCUT2D eigenvalue weighted by atomic mass is 32.2. The van der Waals surface area contributed by atoms with Crippen molar-refractivity contribution in [1.29, 1.82) is 0 Å². The first-order valence-electron chi connectivity index (χ1n) is 8.43. The van der Waals surface area contributed by atoms with E-state index < -0.39 is 9.84 Å². The van der Waals surface area contributed by atoms with Gasteiger partial charge in [-0.15, -0.1) is 0 Å². The Labute approximate surface area is 124 Å². The smallest absolute Gasteiger partial charge is 0.150 e. The Bertz CT molecular complexity index is 393. The first-order chi connectivity index (χ1) is 9.50. The molecule has 4 unspecified atom stereocenters. The van der Waals surface area contributed by atoms with E-state index in [4.69, 9.17) is 0 Å². The average Bonchev–Trinajstić information content (AvgIpc) is 2.45. The predicted molar refractivity (Wildman–Crippen MR) is 84.6 cm³/mol. The summed E-state index contributed by atoms with van der Waals surface area (Å²) in [5.41, 5.74) is 0. The SMILES string of the molecule is CCC1CCCCC1CNC1CCCC(S(C)(=O)=O)C1. The Kier molecular flexibility index (Phi) is 5.91. The van der Waals surface area contributed by atoms with Crippen LogP contribution in [-0.2, 0) is 9.84 Å². The fourth-order valence-corrected chi connectivity index (χ4v) is 5.30. The third kappa shape index (κ3) is 4.45. The molecule has 0 aromatic rings. The van der Waals surface area contributed by atoms with Gasteiger partial charge in [0.25, 0.3) is 0 Å². The second-order valence-electron chi connectivity index (χ2n) is 6.94. The van der Waals surface area contributed by atoms with E-state index >= 15 is 0 Å². The Morgan fingerprint density at radius 3 is 2.35 bits per heavy atom. The maximum Gasteiger partial charge on any atom is 0.150 e. The van der Waals surface area contributed by atoms with Gasteiger partial charge in [-0.1, -0.05) is 39.0 Å². The Balaban J connectivity index is 1.81. The molecule has 2 fully saturated rings. The molecule has 2 aliphatic rings. The molecule has 4 atom stereocenters. The highest BCUT2D eigenvalue weighted by Crippen LogP contribution is 2.32. The van der Waals surface area contributed by atoms with Gasteiger partial charge in [0.05, 0.1) is 5.25 Å². The molecule has 20 heavy (non-hydrogen) atoms. The lowest BCUT2D eigenvalue weighted by Crippen LogP contribution is -2.42. The number of sulfone groups is 1. The van der Waals surface area contributed by atoms with Crippen molar-refractivity contribution in [3.05, 3.63) is 0 Å². The van der Waals surface area contributed by atoms with E-state index in [1.165, 1.54) is 38.4 Å². The summed E-state index contributed by atoms with van der Waals surface area (Å²) in [6, 6.07) is 0.419. The van der Waals surface area contributed by atoms with Crippen molar-refractivity contribution in [3.8, 4) is 0 Å². The van der Waals surface area contributed by atoms with Crippen LogP contribution in [0.5, 0.6) is 0 Å². The van der Waals surface area contributed by atoms with Crippen molar-refractivity contribution in [1.82, 2.24) is 5.32 Å². The molecule has 0 radical (unpaired) electrons. The fraction of sp³-hybridized carbons (Fsp3) is 1.00. The zero-order valence-corrected chi connectivity index (χ0v) is 13.9. The normalized spacial score (nSPS) is 35.9. The molecule has 3 nitrogen and oxygen atoms in total. The highest BCUT2D eigenvalue weighted by Gasteiger charge is 2.30. The molecule has 1 N–H and O–H groups in total. The number of hydrogen-bond acceptors (Lipinski definition) is 3. The lowest BCUT2D eigenvalue weighted by atomic mass is 9.77. The first-order valence-corrected chi connectivity index (χ1v) is 10.4. The van der Waals surface area contributed by atoms with Crippen LogP contribution in [0.3, 0.4) is 0 Å². The maximum atomic E-state index is 11.7. The van der Waals surface area contributed by atoms with Crippen molar-refractivity contribution in [3.63, 3.8) is 0 Å². The summed E-state index contributed by atoms with van der Waals surface area (Å²) in [7, 11) is -2.86. The van der Waals surface area contributed by atoms with Crippen molar-refractivity contribution >= 4 is 9.84 Å². The molecule has 2 aliphatic carbocycles. The van der Waals surface area contributed by atoms with Gasteiger partial charge >= 0.3 is 0 Å². The predicted octanol–water partition coefficient (Wildman–Crippen LogP) is 3.15. The minimum Gasteiger partial charge on any atom is -0.314 e. The van der Waals surface area contributed by atoms with E-state index in [9.17, 15) is 8.42 Å². The van der Waals surface area contributed by atoms with E-state index in [0.29, 0.717) is 6.04 Å². The zero-order chi connectivity index (χ0) is 14.6. The van der Waals surface area contributed by atoms with Gasteiger partial charge in [-0.2, -0.15) is 0 Å². The zero-order valence-electron chi connectivity index (χ0n) is 13.1. The molecule has 2 rings (SSSR count). The molecule has 2 saturated carbocycles. The minimum atomic E-state index is -2.86. The summed E-state index contributed by atoms with van der Waals surface area (Å²) in [5.74, 6) is 1.69. The quantitative estimate of drug-likeness (QED) is 0.848. The Morgan fingerprint density at radius 2 is 1.70 bits per heavy atom. The standard InChI is InChI=1S/C16H31NO2S/c1-3-13-7-4-5-8-14(13)12-17-15-9-6-10-16(11-15)20(2,18)19/h13-17H,3-12H2,1-2H3. The van der Waals surface area contributed by atoms with Gasteiger partial charge < -0.3 is 5.32 Å². The molecular formula is C16H31NO2S. The van der Waals surface area contributed by atoms with Gasteiger partial charge in [0.15, 0.2) is 0 Å². The maximum absolute atomic E-state index is 11.7. The van der Waals surface area contributed by atoms with Crippen molar-refractivity contribution in [2.75, 3.05) is 12.8 Å². The molecular weight excluding hydrogens is 270 g/mol. The molecule has 0 heterocycles. The average molecular weight is 301 g/mol. The molecule has 4 heteroatoms. The van der Waals surface area contributed by atoms with Crippen LogP contribution in [0.1, 0.15) is 64.7 Å². The molecule has 118 valence electrons. The third-order valence-corrected chi connectivity index (χ3v) is 7.13. The molecule has 0 aliphatic heterocycles. The molecule has 0 aromatic carbocycles. The van der Waals surface area contributed by atoms with Gasteiger partial charge in [-0.05, 0) is 44.1 Å². The lowest BCUT2D eigenvalue weighted by molar-refractivity contribution is 0.211. The van der Waals surface area contributed by atoms with Gasteiger partial charge in [0.2, 0.25) is 0 Å². The van der Waals surface area contributed by atoms with Crippen LogP contribution >= 0.6 is 0 Å². The van der Waals surface area contributed by atoms with Crippen molar-refractivity contribution in [2.24, 2.45) is 11.8 Å². The number of hydrogen-bond donors (Lipinski definition) is 1. The van der Waals surface area contributed by atoms with Crippen LogP contribution in [0.25, 0.3) is 0 Å². The third-order valence-electron chi connectivity index (χ3n) is 5.49. The summed E-state index contributed by atoms with van der Waals surface area (Å²) in [5, 5.41) is 3.58. The van der Waals surface area contributed by atoms with E-state index in [2.05, 4.69) is 12.2 Å². The van der Waals surface area contributed by atoms with Gasteiger partial charge in [-0.3, -0.25) is 0 Å². The summed E-state index contributed by atoms with van der Waals surface area (Å²) >= 11 is 0. The molecule has 0 bridgehead atoms. The van der Waals surface area contributed by atoms with Crippen LogP contribution in [-0.4, -0.2) is 32.5 Å². The molecule has 0 spiro atoms. The monoisotopic (exact) mass is 301 g/mol. The fourth-order valence-electron chi connectivity index (χ4n) is 4.13. The summed E-state index contributed by atoms with van der Waals surface area (Å²) in [4.78, 5) is 0.